The number of carbonyl (C=O) groups is 1. The van der Waals surface area contributed by atoms with Crippen LogP contribution >= 0.6 is 0 Å². The van der Waals surface area contributed by atoms with Crippen molar-refractivity contribution in [1.29, 1.82) is 0 Å². The Labute approximate surface area is 306 Å². The van der Waals surface area contributed by atoms with Crippen molar-refractivity contribution in [3.05, 3.63) is 107 Å². The van der Waals surface area contributed by atoms with E-state index in [0.29, 0.717) is 0 Å². The quantitative estimate of drug-likeness (QED) is 0.0961. The molecular formula is C44H51IrN2O2-. The maximum atomic E-state index is 12.2. The summed E-state index contributed by atoms with van der Waals surface area (Å²) in [5.74, 6) is 0.286. The number of hydrogen-bond acceptors (Lipinski definition) is 4. The molecule has 259 valence electrons. The molecule has 0 saturated carbocycles. The number of ketones is 1. The summed E-state index contributed by atoms with van der Waals surface area (Å²) in [5, 5.41) is 15.1. The van der Waals surface area contributed by atoms with Crippen molar-refractivity contribution in [2.75, 3.05) is 0 Å². The van der Waals surface area contributed by atoms with Crippen molar-refractivity contribution >= 4 is 27.3 Å². The SMILES string of the molecule is CCC(C)(CC)C(=O)/C=C(\O)C(C)(CC)CC.Cc1cc2ccc3c(c2cc1C)-c1ncnc(-c2[c-]cc4ccccc4c2)c1C3(C)C.[Ir]. The molecule has 1 N–H and O–H groups in total. The van der Waals surface area contributed by atoms with Gasteiger partial charge in [0.2, 0.25) is 0 Å². The van der Waals surface area contributed by atoms with Gasteiger partial charge in [0, 0.05) is 48.0 Å². The van der Waals surface area contributed by atoms with Gasteiger partial charge in [-0.2, -0.15) is 0 Å². The molecule has 0 atom stereocenters. The summed E-state index contributed by atoms with van der Waals surface area (Å²) in [6.45, 7) is 21.0. The fourth-order valence-electron chi connectivity index (χ4n) is 6.82. The van der Waals surface area contributed by atoms with Gasteiger partial charge < -0.3 is 5.11 Å². The van der Waals surface area contributed by atoms with Crippen LogP contribution < -0.4 is 0 Å². The van der Waals surface area contributed by atoms with Crippen molar-refractivity contribution < 1.29 is 30.0 Å². The van der Waals surface area contributed by atoms with E-state index in [1.54, 1.807) is 6.33 Å². The van der Waals surface area contributed by atoms with Crippen molar-refractivity contribution in [3.63, 3.8) is 0 Å². The smallest absolute Gasteiger partial charge is 0.164 e. The molecular weight excluding hydrogens is 781 g/mol. The topological polar surface area (TPSA) is 63.1 Å². The number of fused-ring (bicyclic) bond motifs is 6. The summed E-state index contributed by atoms with van der Waals surface area (Å²) >= 11 is 0. The predicted molar refractivity (Wildman–Crippen MR) is 201 cm³/mol. The monoisotopic (exact) mass is 832 g/mol. The van der Waals surface area contributed by atoms with E-state index in [9.17, 15) is 9.90 Å². The van der Waals surface area contributed by atoms with Gasteiger partial charge in [-0.25, -0.2) is 4.98 Å². The first-order valence-electron chi connectivity index (χ1n) is 17.5. The number of benzene rings is 4. The van der Waals surface area contributed by atoms with Gasteiger partial charge in [-0.3, -0.25) is 9.78 Å². The van der Waals surface area contributed by atoms with Crippen molar-refractivity contribution in [1.82, 2.24) is 9.97 Å². The molecule has 0 unspecified atom stereocenters. The number of allylic oxidation sites excluding steroid dienone is 2. The predicted octanol–water partition coefficient (Wildman–Crippen LogP) is 11.8. The minimum atomic E-state index is -0.337. The minimum absolute atomic E-state index is 0. The zero-order chi connectivity index (χ0) is 35.0. The van der Waals surface area contributed by atoms with Crippen LogP contribution in [-0.4, -0.2) is 20.9 Å². The number of aliphatic hydroxyl groups is 1. The fourth-order valence-corrected chi connectivity index (χ4v) is 6.82. The Kier molecular flexibility index (Phi) is 11.4. The third-order valence-electron chi connectivity index (χ3n) is 11.6. The molecule has 0 saturated heterocycles. The maximum absolute atomic E-state index is 12.2. The van der Waals surface area contributed by atoms with E-state index in [2.05, 4.69) is 94.4 Å². The van der Waals surface area contributed by atoms with E-state index >= 15 is 0 Å². The molecule has 1 radical (unpaired) electrons. The van der Waals surface area contributed by atoms with Gasteiger partial charge in [-0.1, -0.05) is 109 Å². The second kappa shape index (κ2) is 14.7. The van der Waals surface area contributed by atoms with Crippen LogP contribution in [0.3, 0.4) is 0 Å². The maximum Gasteiger partial charge on any atom is 0.164 e. The average Bonchev–Trinajstić information content (AvgIpc) is 3.34. The Morgan fingerprint density at radius 1 is 0.816 bits per heavy atom. The van der Waals surface area contributed by atoms with Gasteiger partial charge in [0.25, 0.3) is 0 Å². The van der Waals surface area contributed by atoms with Gasteiger partial charge in [0.05, 0.1) is 5.69 Å². The second-order valence-corrected chi connectivity index (χ2v) is 14.6. The normalized spacial score (nSPS) is 13.7. The Bertz CT molecular complexity index is 2030. The van der Waals surface area contributed by atoms with Crippen molar-refractivity contribution in [3.8, 4) is 22.5 Å². The number of carbonyl (C=O) groups excluding carboxylic acids is 1. The zero-order valence-corrected chi connectivity index (χ0v) is 33.2. The van der Waals surface area contributed by atoms with E-state index in [0.717, 1.165) is 42.6 Å². The molecule has 0 fully saturated rings. The van der Waals surface area contributed by atoms with E-state index in [1.807, 2.05) is 41.5 Å². The van der Waals surface area contributed by atoms with Gasteiger partial charge >= 0.3 is 0 Å². The first-order valence-corrected chi connectivity index (χ1v) is 17.5. The number of hydrogen-bond donors (Lipinski definition) is 1. The molecule has 0 aliphatic heterocycles. The molecule has 49 heavy (non-hydrogen) atoms. The Hall–Kier alpha value is -3.66. The summed E-state index contributed by atoms with van der Waals surface area (Å²) in [4.78, 5) is 21.8. The molecule has 1 aliphatic rings. The number of aryl methyl sites for hydroxylation is 2. The minimum Gasteiger partial charge on any atom is -0.512 e. The molecule has 1 aromatic heterocycles. The first-order chi connectivity index (χ1) is 22.7. The van der Waals surface area contributed by atoms with Crippen molar-refractivity contribution in [2.24, 2.45) is 10.8 Å². The molecule has 5 heteroatoms. The molecule has 6 rings (SSSR count). The molecule has 0 amide bonds. The molecule has 1 aliphatic carbocycles. The van der Waals surface area contributed by atoms with Gasteiger partial charge in [-0.05, 0) is 78.3 Å². The van der Waals surface area contributed by atoms with E-state index < -0.39 is 0 Å². The second-order valence-electron chi connectivity index (χ2n) is 14.6. The summed E-state index contributed by atoms with van der Waals surface area (Å²) in [7, 11) is 0. The van der Waals surface area contributed by atoms with Gasteiger partial charge in [-0.15, -0.1) is 29.1 Å². The Balaban J connectivity index is 0.000000260. The van der Waals surface area contributed by atoms with Gasteiger partial charge in [0.15, 0.2) is 5.78 Å². The summed E-state index contributed by atoms with van der Waals surface area (Å²) in [6.07, 6.45) is 6.46. The van der Waals surface area contributed by atoms with E-state index in [-0.39, 0.29) is 47.9 Å². The summed E-state index contributed by atoms with van der Waals surface area (Å²) in [6, 6.07) is 25.3. The number of aliphatic hydroxyl groups excluding tert-OH is 1. The van der Waals surface area contributed by atoms with E-state index in [1.165, 1.54) is 55.4 Å². The number of rotatable bonds is 8. The Morgan fingerprint density at radius 2 is 1.41 bits per heavy atom. The molecule has 0 bridgehead atoms. The fraction of sp³-hybridized carbons (Fsp3) is 0.386. The zero-order valence-electron chi connectivity index (χ0n) is 30.8. The molecule has 5 aromatic rings. The summed E-state index contributed by atoms with van der Waals surface area (Å²) < 4.78 is 0. The average molecular weight is 832 g/mol. The van der Waals surface area contributed by atoms with Crippen LogP contribution in [0.4, 0.5) is 0 Å². The molecule has 1 heterocycles. The molecule has 0 spiro atoms. The van der Waals surface area contributed by atoms with Crippen LogP contribution in [-0.2, 0) is 30.3 Å². The van der Waals surface area contributed by atoms with Crippen LogP contribution in [0.1, 0.15) is 103 Å². The van der Waals surface area contributed by atoms with Crippen LogP contribution in [0.15, 0.2) is 78.8 Å². The largest absolute Gasteiger partial charge is 0.512 e. The Morgan fingerprint density at radius 3 is 2.04 bits per heavy atom. The van der Waals surface area contributed by atoms with Crippen LogP contribution in [0, 0.1) is 30.7 Å². The van der Waals surface area contributed by atoms with E-state index in [4.69, 9.17) is 9.97 Å². The molecule has 4 nitrogen and oxygen atoms in total. The number of aromatic nitrogens is 2. The van der Waals surface area contributed by atoms with Gasteiger partial charge in [0.1, 0.15) is 12.1 Å². The first kappa shape index (κ1) is 38.1. The van der Waals surface area contributed by atoms with Crippen LogP contribution in [0.2, 0.25) is 0 Å². The summed E-state index contributed by atoms with van der Waals surface area (Å²) in [5.41, 5.74) is 8.67. The molecule has 4 aromatic carbocycles. The van der Waals surface area contributed by atoms with Crippen molar-refractivity contribution in [2.45, 2.75) is 100 Å². The van der Waals surface area contributed by atoms with Crippen LogP contribution in [0.25, 0.3) is 44.1 Å². The number of nitrogens with zero attached hydrogens (tertiary/aromatic N) is 2. The third kappa shape index (κ3) is 6.90. The van der Waals surface area contributed by atoms with Crippen LogP contribution in [0.5, 0.6) is 0 Å². The standard InChI is InChI=1S/C29H23N2.C15H28O2.Ir/c1-17-13-21-11-12-24-25(23(21)14-18(17)2)28-26(29(24,3)4)27(30-16-31-28)22-10-9-19-7-5-6-8-20(19)15-22;1-7-14(5,8-2)12(16)11-13(17)15(6,9-3)10-4;/h5-9,11-16H,1-4H3;11,16H,7-10H2,1-6H3;/q-1;;/b;12-11-;. The third-order valence-corrected chi connectivity index (χ3v) is 11.6.